The van der Waals surface area contributed by atoms with Gasteiger partial charge in [-0.05, 0) is 66.8 Å². The number of amides is 2. The van der Waals surface area contributed by atoms with E-state index < -0.39 is 0 Å². The molecule has 3 fully saturated rings. The number of carbonyl (C=O) groups is 2. The molecule has 0 N–H and O–H groups in total. The van der Waals surface area contributed by atoms with Crippen molar-refractivity contribution in [1.29, 1.82) is 0 Å². The molecular formula is C23H19ClN2O3. The molecule has 2 saturated carbocycles. The number of hydrogen-bond acceptors (Lipinski definition) is 4. The highest BCUT2D eigenvalue weighted by Crippen LogP contribution is 2.65. The van der Waals surface area contributed by atoms with Crippen molar-refractivity contribution >= 4 is 29.6 Å². The fourth-order valence-electron chi connectivity index (χ4n) is 5.60. The predicted molar refractivity (Wildman–Crippen MR) is 108 cm³/mol. The summed E-state index contributed by atoms with van der Waals surface area (Å²) in [5.74, 6) is 1.91. The van der Waals surface area contributed by atoms with Crippen LogP contribution in [0.3, 0.4) is 0 Å². The number of hydrogen-bond donors (Lipinski definition) is 0. The van der Waals surface area contributed by atoms with Crippen molar-refractivity contribution in [2.45, 2.75) is 13.3 Å². The fourth-order valence-corrected chi connectivity index (χ4v) is 5.77. The average molecular weight is 407 g/mol. The van der Waals surface area contributed by atoms with Crippen LogP contribution in [0, 0.1) is 42.4 Å². The van der Waals surface area contributed by atoms with E-state index in [1.165, 1.54) is 6.21 Å². The number of benzene rings is 1. The minimum absolute atomic E-state index is 0.168. The van der Waals surface area contributed by atoms with Crippen LogP contribution in [0.25, 0.3) is 11.3 Å². The van der Waals surface area contributed by atoms with Crippen LogP contribution in [-0.2, 0) is 9.59 Å². The highest BCUT2D eigenvalue weighted by Gasteiger charge is 2.67. The monoisotopic (exact) mass is 406 g/mol. The summed E-state index contributed by atoms with van der Waals surface area (Å²) in [7, 11) is 0. The van der Waals surface area contributed by atoms with Gasteiger partial charge in [-0.1, -0.05) is 29.8 Å². The van der Waals surface area contributed by atoms with Crippen LogP contribution >= 0.6 is 11.6 Å². The number of carbonyl (C=O) groups excluding carboxylic acids is 2. The molecule has 1 aromatic carbocycles. The summed E-state index contributed by atoms with van der Waals surface area (Å²) in [5, 5.41) is 5.93. The lowest BCUT2D eigenvalue weighted by Crippen LogP contribution is -2.40. The zero-order chi connectivity index (χ0) is 19.9. The number of nitrogens with zero attached hydrogens (tertiary/aromatic N) is 2. The van der Waals surface area contributed by atoms with E-state index in [0.717, 1.165) is 22.6 Å². The minimum atomic E-state index is -0.236. The smallest absolute Gasteiger partial charge is 0.254 e. The molecule has 5 nitrogen and oxygen atoms in total. The number of halogens is 1. The lowest BCUT2D eigenvalue weighted by molar-refractivity contribution is -0.140. The molecule has 4 aliphatic carbocycles. The number of imide groups is 1. The van der Waals surface area contributed by atoms with E-state index >= 15 is 0 Å². The Hall–Kier alpha value is -2.66. The van der Waals surface area contributed by atoms with E-state index in [1.54, 1.807) is 6.07 Å². The van der Waals surface area contributed by atoms with Gasteiger partial charge in [0.1, 0.15) is 11.5 Å². The van der Waals surface area contributed by atoms with E-state index in [0.29, 0.717) is 28.4 Å². The van der Waals surface area contributed by atoms with Gasteiger partial charge in [0.25, 0.3) is 11.8 Å². The minimum Gasteiger partial charge on any atom is -0.455 e. The first-order chi connectivity index (χ1) is 14.0. The molecule has 2 amide bonds. The number of furan rings is 1. The Kier molecular flexibility index (Phi) is 3.52. The van der Waals surface area contributed by atoms with Crippen molar-refractivity contribution in [1.82, 2.24) is 5.01 Å². The first kappa shape index (κ1) is 17.2. The lowest BCUT2D eigenvalue weighted by Gasteiger charge is -2.37. The molecule has 2 bridgehead atoms. The van der Waals surface area contributed by atoms with Gasteiger partial charge < -0.3 is 4.42 Å². The quantitative estimate of drug-likeness (QED) is 0.434. The van der Waals surface area contributed by atoms with Gasteiger partial charge in [0.05, 0.1) is 18.1 Å². The van der Waals surface area contributed by atoms with Crippen molar-refractivity contribution in [3.8, 4) is 11.3 Å². The third-order valence-corrected chi connectivity index (χ3v) is 7.27. The third kappa shape index (κ3) is 2.43. The molecule has 2 heterocycles. The SMILES string of the molecule is Cc1ccc(Cl)cc1-c1ccc(/C=N\N2C(=O)[C@H]3[C@@H]4C=C[C@H]([C@H]5C[C@H]45)[C@@H]3C2=O)o1. The molecule has 1 aliphatic heterocycles. The second kappa shape index (κ2) is 5.92. The van der Waals surface area contributed by atoms with E-state index in [9.17, 15) is 9.59 Å². The van der Waals surface area contributed by atoms with E-state index in [1.807, 2.05) is 31.2 Å². The molecule has 5 aliphatic rings. The van der Waals surface area contributed by atoms with Crippen molar-refractivity contribution in [3.63, 3.8) is 0 Å². The number of aryl methyl sites for hydroxylation is 1. The standard InChI is InChI=1S/C23H19ClN2O3/c1-11-2-3-12(24)8-16(11)19-7-4-13(29-19)10-25-26-22(27)20-14-5-6-15(18-9-17(14)18)21(20)23(26)28/h2-8,10,14-15,17-18,20-21H,9H2,1H3/b25-10-/t14-,15-,17-,18-,20+,21+/m1/s1. The van der Waals surface area contributed by atoms with Crippen LogP contribution < -0.4 is 0 Å². The van der Waals surface area contributed by atoms with Gasteiger partial charge in [0.2, 0.25) is 0 Å². The highest BCUT2D eigenvalue weighted by atomic mass is 35.5. The Morgan fingerprint density at radius 2 is 1.76 bits per heavy atom. The van der Waals surface area contributed by atoms with Crippen LogP contribution in [0.1, 0.15) is 17.7 Å². The second-order valence-electron chi connectivity index (χ2n) is 8.55. The summed E-state index contributed by atoms with van der Waals surface area (Å²) in [5.41, 5.74) is 1.95. The van der Waals surface area contributed by atoms with Gasteiger partial charge in [-0.3, -0.25) is 9.59 Å². The maximum absolute atomic E-state index is 12.9. The molecule has 1 aromatic heterocycles. The zero-order valence-electron chi connectivity index (χ0n) is 15.8. The molecule has 146 valence electrons. The number of rotatable bonds is 3. The van der Waals surface area contributed by atoms with Crippen molar-refractivity contribution in [2.75, 3.05) is 0 Å². The van der Waals surface area contributed by atoms with Crippen LogP contribution in [-0.4, -0.2) is 23.0 Å². The fraction of sp³-hybridized carbons (Fsp3) is 0.348. The second-order valence-corrected chi connectivity index (χ2v) is 8.99. The summed E-state index contributed by atoms with van der Waals surface area (Å²) >= 11 is 6.10. The Morgan fingerprint density at radius 1 is 1.07 bits per heavy atom. The maximum atomic E-state index is 12.9. The van der Waals surface area contributed by atoms with E-state index in [-0.39, 0.29) is 35.5 Å². The zero-order valence-corrected chi connectivity index (χ0v) is 16.5. The molecule has 6 heteroatoms. The van der Waals surface area contributed by atoms with Gasteiger partial charge in [-0.15, -0.1) is 0 Å². The molecule has 0 radical (unpaired) electrons. The van der Waals surface area contributed by atoms with Gasteiger partial charge in [-0.25, -0.2) is 0 Å². The molecular weight excluding hydrogens is 388 g/mol. The largest absolute Gasteiger partial charge is 0.455 e. The summed E-state index contributed by atoms with van der Waals surface area (Å²) in [6.45, 7) is 1.98. The Morgan fingerprint density at radius 3 is 2.45 bits per heavy atom. The highest BCUT2D eigenvalue weighted by molar-refractivity contribution is 6.30. The molecule has 2 aromatic rings. The predicted octanol–water partition coefficient (Wildman–Crippen LogP) is 4.30. The first-order valence-electron chi connectivity index (χ1n) is 9.99. The molecule has 6 atom stereocenters. The van der Waals surface area contributed by atoms with Gasteiger partial charge >= 0.3 is 0 Å². The van der Waals surface area contributed by atoms with E-state index in [2.05, 4.69) is 17.3 Å². The Balaban J connectivity index is 1.26. The average Bonchev–Trinajstić information content (AvgIpc) is 3.36. The Bertz CT molecular complexity index is 1080. The maximum Gasteiger partial charge on any atom is 0.254 e. The topological polar surface area (TPSA) is 62.9 Å². The van der Waals surface area contributed by atoms with Gasteiger partial charge in [0.15, 0.2) is 0 Å². The number of hydrazone groups is 1. The third-order valence-electron chi connectivity index (χ3n) is 7.03. The van der Waals surface area contributed by atoms with Gasteiger partial charge in [0, 0.05) is 10.6 Å². The number of allylic oxidation sites excluding steroid dienone is 2. The Labute approximate surface area is 173 Å². The summed E-state index contributed by atoms with van der Waals surface area (Å²) < 4.78 is 5.86. The lowest BCUT2D eigenvalue weighted by atomic mass is 9.63. The van der Waals surface area contributed by atoms with Gasteiger partial charge in [-0.2, -0.15) is 10.1 Å². The normalized spacial score (nSPS) is 34.2. The van der Waals surface area contributed by atoms with Crippen LogP contribution in [0.4, 0.5) is 0 Å². The first-order valence-corrected chi connectivity index (χ1v) is 10.4. The van der Waals surface area contributed by atoms with Crippen molar-refractivity contribution in [3.05, 3.63) is 58.8 Å². The molecule has 0 spiro atoms. The van der Waals surface area contributed by atoms with E-state index in [4.69, 9.17) is 16.0 Å². The summed E-state index contributed by atoms with van der Waals surface area (Å²) in [6, 6.07) is 9.23. The molecule has 7 rings (SSSR count). The summed E-state index contributed by atoms with van der Waals surface area (Å²) in [6.07, 6.45) is 6.92. The molecule has 0 unspecified atom stereocenters. The van der Waals surface area contributed by atoms with Crippen molar-refractivity contribution < 1.29 is 14.0 Å². The molecule has 29 heavy (non-hydrogen) atoms. The van der Waals surface area contributed by atoms with Crippen LogP contribution in [0.15, 0.2) is 52.0 Å². The summed E-state index contributed by atoms with van der Waals surface area (Å²) in [4.78, 5) is 25.9. The molecule has 1 saturated heterocycles. The van der Waals surface area contributed by atoms with Crippen LogP contribution in [0.2, 0.25) is 5.02 Å². The van der Waals surface area contributed by atoms with Crippen LogP contribution in [0.5, 0.6) is 0 Å². The van der Waals surface area contributed by atoms with Crippen molar-refractivity contribution in [2.24, 2.45) is 40.6 Å².